The summed E-state index contributed by atoms with van der Waals surface area (Å²) >= 11 is 1.33. The highest BCUT2D eigenvalue weighted by atomic mass is 35.5. The van der Waals surface area contributed by atoms with Crippen LogP contribution in [-0.2, 0) is 14.6 Å². The molecule has 8 heteroatoms. The maximum Gasteiger partial charge on any atom is 0.236 e. The number of sulfone groups is 1. The second-order valence-corrected chi connectivity index (χ2v) is 9.90. The number of hydrogen-bond donors (Lipinski definition) is 1. The lowest BCUT2D eigenvalue weighted by atomic mass is 10.0. The van der Waals surface area contributed by atoms with E-state index in [0.717, 1.165) is 25.8 Å². The van der Waals surface area contributed by atoms with Gasteiger partial charge >= 0.3 is 0 Å². The molecule has 148 valence electrons. The molecule has 0 bridgehead atoms. The molecule has 26 heavy (non-hydrogen) atoms. The first-order valence-corrected chi connectivity index (χ1v) is 11.4. The van der Waals surface area contributed by atoms with Gasteiger partial charge in [-0.1, -0.05) is 19.1 Å². The largest absolute Gasteiger partial charge is 0.337 e. The normalized spacial score (nSPS) is 18.9. The van der Waals surface area contributed by atoms with Gasteiger partial charge in [0.05, 0.1) is 15.9 Å². The molecule has 0 aliphatic carbocycles. The van der Waals surface area contributed by atoms with Gasteiger partial charge in [-0.2, -0.15) is 0 Å². The molecule has 5 nitrogen and oxygen atoms in total. The van der Waals surface area contributed by atoms with Crippen LogP contribution in [0.25, 0.3) is 0 Å². The van der Waals surface area contributed by atoms with Crippen molar-refractivity contribution in [2.45, 2.75) is 60.6 Å². The third-order valence-corrected chi connectivity index (χ3v) is 7.76. The Morgan fingerprint density at radius 1 is 1.35 bits per heavy atom. The molecule has 0 saturated carbocycles. The van der Waals surface area contributed by atoms with Gasteiger partial charge in [0, 0.05) is 24.0 Å². The molecule has 1 aliphatic heterocycles. The van der Waals surface area contributed by atoms with Gasteiger partial charge in [-0.15, -0.1) is 24.2 Å². The van der Waals surface area contributed by atoms with E-state index in [2.05, 4.69) is 0 Å². The van der Waals surface area contributed by atoms with Gasteiger partial charge in [-0.05, 0) is 44.7 Å². The van der Waals surface area contributed by atoms with Crippen LogP contribution < -0.4 is 5.73 Å². The first-order valence-electron chi connectivity index (χ1n) is 8.89. The van der Waals surface area contributed by atoms with Gasteiger partial charge in [-0.3, -0.25) is 4.79 Å². The summed E-state index contributed by atoms with van der Waals surface area (Å²) in [6.07, 6.45) is 3.62. The van der Waals surface area contributed by atoms with Crippen molar-refractivity contribution in [2.24, 2.45) is 5.73 Å². The molecule has 1 amide bonds. The lowest BCUT2D eigenvalue weighted by molar-refractivity contribution is -0.133. The van der Waals surface area contributed by atoms with Crippen LogP contribution in [0.4, 0.5) is 0 Å². The van der Waals surface area contributed by atoms with E-state index in [1.807, 2.05) is 24.8 Å². The number of carbonyl (C=O) groups excluding carboxylic acids is 1. The minimum absolute atomic E-state index is 0. The van der Waals surface area contributed by atoms with Gasteiger partial charge < -0.3 is 10.6 Å². The van der Waals surface area contributed by atoms with E-state index in [1.165, 1.54) is 11.8 Å². The summed E-state index contributed by atoms with van der Waals surface area (Å²) in [7, 11) is -3.32. The van der Waals surface area contributed by atoms with Crippen LogP contribution in [0.3, 0.4) is 0 Å². The average Bonchev–Trinajstić information content (AvgIpc) is 2.61. The SMILES string of the molecule is CCCS(=O)(=O)c1ccccc1SC(C)C(=O)N1CCCCC1CN.Cl. The van der Waals surface area contributed by atoms with Crippen molar-refractivity contribution in [2.75, 3.05) is 18.8 Å². The fraction of sp³-hybridized carbons (Fsp3) is 0.611. The fourth-order valence-corrected chi connectivity index (χ4v) is 6.09. The van der Waals surface area contributed by atoms with Crippen molar-refractivity contribution in [3.05, 3.63) is 24.3 Å². The Morgan fingerprint density at radius 3 is 2.69 bits per heavy atom. The Bertz CT molecular complexity index is 697. The second-order valence-electron chi connectivity index (χ2n) is 6.44. The Hall–Kier alpha value is -0.760. The van der Waals surface area contributed by atoms with E-state index in [0.29, 0.717) is 22.8 Å². The molecular weight excluding hydrogens is 392 g/mol. The zero-order valence-corrected chi connectivity index (χ0v) is 17.8. The Morgan fingerprint density at radius 2 is 2.04 bits per heavy atom. The summed E-state index contributed by atoms with van der Waals surface area (Å²) in [4.78, 5) is 15.7. The average molecular weight is 421 g/mol. The predicted molar refractivity (Wildman–Crippen MR) is 110 cm³/mol. The summed E-state index contributed by atoms with van der Waals surface area (Å²) in [5.41, 5.74) is 5.82. The molecule has 2 rings (SSSR count). The van der Waals surface area contributed by atoms with E-state index in [4.69, 9.17) is 5.73 Å². The third kappa shape index (κ3) is 5.62. The molecule has 1 aromatic carbocycles. The number of carbonyl (C=O) groups is 1. The van der Waals surface area contributed by atoms with E-state index >= 15 is 0 Å². The summed E-state index contributed by atoms with van der Waals surface area (Å²) < 4.78 is 25.0. The van der Waals surface area contributed by atoms with Gasteiger partial charge in [0.2, 0.25) is 5.91 Å². The minimum atomic E-state index is -3.32. The summed E-state index contributed by atoms with van der Waals surface area (Å²) in [5, 5.41) is -0.342. The number of amides is 1. The van der Waals surface area contributed by atoms with Gasteiger partial charge in [0.1, 0.15) is 0 Å². The zero-order chi connectivity index (χ0) is 18.4. The first-order chi connectivity index (χ1) is 11.9. The van der Waals surface area contributed by atoms with Crippen LogP contribution >= 0.6 is 24.2 Å². The maximum atomic E-state index is 12.9. The molecule has 2 N–H and O–H groups in total. The highest BCUT2D eigenvalue weighted by Gasteiger charge is 2.30. The molecular formula is C18H29ClN2O3S2. The Balaban J connectivity index is 0.00000338. The molecule has 2 atom stereocenters. The number of likely N-dealkylation sites (tertiary alicyclic amines) is 1. The zero-order valence-electron chi connectivity index (χ0n) is 15.4. The van der Waals surface area contributed by atoms with Crippen molar-refractivity contribution in [1.82, 2.24) is 4.90 Å². The van der Waals surface area contributed by atoms with Crippen LogP contribution in [0.2, 0.25) is 0 Å². The number of nitrogens with two attached hydrogens (primary N) is 1. The highest BCUT2D eigenvalue weighted by molar-refractivity contribution is 8.01. The monoisotopic (exact) mass is 420 g/mol. The number of rotatable bonds is 7. The summed E-state index contributed by atoms with van der Waals surface area (Å²) in [6.45, 7) is 4.91. The Kier molecular flexibility index (Phi) is 9.44. The van der Waals surface area contributed by atoms with Crippen molar-refractivity contribution >= 4 is 39.9 Å². The quantitative estimate of drug-likeness (QED) is 0.685. The van der Waals surface area contributed by atoms with E-state index < -0.39 is 9.84 Å². The third-order valence-electron chi connectivity index (χ3n) is 4.49. The number of thioether (sulfide) groups is 1. The molecule has 2 unspecified atom stereocenters. The molecule has 0 radical (unpaired) electrons. The van der Waals surface area contributed by atoms with Gasteiger partial charge in [0.25, 0.3) is 0 Å². The molecule has 1 aliphatic rings. The van der Waals surface area contributed by atoms with Crippen LogP contribution in [0.5, 0.6) is 0 Å². The van der Waals surface area contributed by atoms with Crippen molar-refractivity contribution in [3.63, 3.8) is 0 Å². The van der Waals surface area contributed by atoms with Crippen molar-refractivity contribution < 1.29 is 13.2 Å². The highest BCUT2D eigenvalue weighted by Crippen LogP contribution is 2.32. The van der Waals surface area contributed by atoms with E-state index in [1.54, 1.807) is 18.2 Å². The topological polar surface area (TPSA) is 80.5 Å². The van der Waals surface area contributed by atoms with Crippen LogP contribution in [0.1, 0.15) is 39.5 Å². The lowest BCUT2D eigenvalue weighted by Gasteiger charge is -2.36. The second kappa shape index (κ2) is 10.5. The van der Waals surface area contributed by atoms with Crippen molar-refractivity contribution in [1.29, 1.82) is 0 Å². The van der Waals surface area contributed by atoms with Gasteiger partial charge in [0.15, 0.2) is 9.84 Å². The molecule has 0 aromatic heterocycles. The van der Waals surface area contributed by atoms with Crippen LogP contribution in [-0.4, -0.2) is 49.4 Å². The first kappa shape index (κ1) is 23.3. The Labute approximate surface area is 167 Å². The number of halogens is 1. The number of benzene rings is 1. The molecule has 0 spiro atoms. The smallest absolute Gasteiger partial charge is 0.236 e. The molecule has 1 aromatic rings. The standard InChI is InChI=1S/C18H28N2O3S2.ClH/c1-3-12-25(22,23)17-10-5-4-9-16(17)24-14(2)18(21)20-11-7-6-8-15(20)13-19;/h4-5,9-10,14-15H,3,6-8,11-13,19H2,1-2H3;1H. The van der Waals surface area contributed by atoms with Gasteiger partial charge in [-0.25, -0.2) is 8.42 Å². The van der Waals surface area contributed by atoms with Crippen molar-refractivity contribution in [3.8, 4) is 0 Å². The number of hydrogen-bond acceptors (Lipinski definition) is 5. The molecule has 1 heterocycles. The minimum Gasteiger partial charge on any atom is -0.337 e. The number of piperidine rings is 1. The lowest BCUT2D eigenvalue weighted by Crippen LogP contribution is -2.49. The number of nitrogens with zero attached hydrogens (tertiary/aromatic N) is 1. The van der Waals surface area contributed by atoms with Crippen LogP contribution in [0, 0.1) is 0 Å². The summed E-state index contributed by atoms with van der Waals surface area (Å²) in [5.74, 6) is 0.164. The van der Waals surface area contributed by atoms with E-state index in [9.17, 15) is 13.2 Å². The summed E-state index contributed by atoms with van der Waals surface area (Å²) in [6, 6.07) is 7.06. The predicted octanol–water partition coefficient (Wildman–Crippen LogP) is 3.11. The molecule has 1 fully saturated rings. The fourth-order valence-electron chi connectivity index (χ4n) is 3.19. The molecule has 1 saturated heterocycles. The van der Waals surface area contributed by atoms with Crippen LogP contribution in [0.15, 0.2) is 34.1 Å². The van der Waals surface area contributed by atoms with E-state index in [-0.39, 0.29) is 35.4 Å². The maximum absolute atomic E-state index is 12.9.